The molecular weight excluding hydrogens is 368 g/mol. The molecule has 1 heterocycles. The molecule has 132 valence electrons. The van der Waals surface area contributed by atoms with Gasteiger partial charge in [-0.05, 0) is 17.7 Å². The standard InChI is InChI=1S/C18H16N4O2S2/c1-24-15-9-5-6-13(10-15)11-19-20-16(23)12-25-18-22-21-17(26-18)14-7-3-2-4-8-14/h2-11H,12H2,1H3,(H,20,23). The molecule has 0 bridgehead atoms. The number of hydrogen-bond acceptors (Lipinski definition) is 7. The van der Waals surface area contributed by atoms with E-state index in [1.54, 1.807) is 13.3 Å². The second-order valence-electron chi connectivity index (χ2n) is 5.10. The Bertz CT molecular complexity index is 897. The van der Waals surface area contributed by atoms with E-state index in [1.807, 2.05) is 54.6 Å². The van der Waals surface area contributed by atoms with Crippen molar-refractivity contribution in [3.05, 3.63) is 60.2 Å². The summed E-state index contributed by atoms with van der Waals surface area (Å²) < 4.78 is 5.89. The number of hydrazone groups is 1. The number of amides is 1. The van der Waals surface area contributed by atoms with Gasteiger partial charge in [0.15, 0.2) is 4.34 Å². The van der Waals surface area contributed by atoms with Crippen molar-refractivity contribution in [1.82, 2.24) is 15.6 Å². The molecule has 1 aromatic heterocycles. The quantitative estimate of drug-likeness (QED) is 0.383. The molecule has 0 aliphatic rings. The van der Waals surface area contributed by atoms with Crippen LogP contribution in [-0.2, 0) is 4.79 Å². The second-order valence-corrected chi connectivity index (χ2v) is 7.30. The number of benzene rings is 2. The number of hydrogen-bond donors (Lipinski definition) is 1. The highest BCUT2D eigenvalue weighted by atomic mass is 32.2. The number of nitrogens with one attached hydrogen (secondary N) is 1. The third kappa shape index (κ3) is 5.14. The maximum atomic E-state index is 11.9. The van der Waals surface area contributed by atoms with Crippen molar-refractivity contribution in [3.8, 4) is 16.3 Å². The first-order chi connectivity index (χ1) is 12.7. The molecule has 0 saturated carbocycles. The number of methoxy groups -OCH3 is 1. The number of aromatic nitrogens is 2. The lowest BCUT2D eigenvalue weighted by molar-refractivity contribution is -0.118. The van der Waals surface area contributed by atoms with E-state index in [1.165, 1.54) is 23.1 Å². The van der Waals surface area contributed by atoms with Crippen LogP contribution in [0.5, 0.6) is 5.75 Å². The Morgan fingerprint density at radius 1 is 1.23 bits per heavy atom. The topological polar surface area (TPSA) is 76.5 Å². The normalized spacial score (nSPS) is 10.8. The number of carbonyl (C=O) groups is 1. The van der Waals surface area contributed by atoms with E-state index in [0.29, 0.717) is 0 Å². The predicted octanol–water partition coefficient (Wildman–Crippen LogP) is 3.46. The van der Waals surface area contributed by atoms with Crippen molar-refractivity contribution < 1.29 is 9.53 Å². The zero-order valence-electron chi connectivity index (χ0n) is 14.0. The summed E-state index contributed by atoms with van der Waals surface area (Å²) >= 11 is 2.80. The number of ether oxygens (including phenoxy) is 1. The number of carbonyl (C=O) groups excluding carboxylic acids is 1. The van der Waals surface area contributed by atoms with Crippen molar-refractivity contribution in [2.24, 2.45) is 5.10 Å². The Kier molecular flexibility index (Phi) is 6.34. The van der Waals surface area contributed by atoms with Gasteiger partial charge in [0.25, 0.3) is 5.91 Å². The molecule has 2 aromatic carbocycles. The fourth-order valence-corrected chi connectivity index (χ4v) is 3.68. The Hall–Kier alpha value is -2.71. The molecule has 0 aliphatic carbocycles. The lowest BCUT2D eigenvalue weighted by Gasteiger charge is -2.00. The average Bonchev–Trinajstić information content (AvgIpc) is 3.16. The predicted molar refractivity (Wildman–Crippen MR) is 105 cm³/mol. The van der Waals surface area contributed by atoms with Crippen LogP contribution in [0, 0.1) is 0 Å². The monoisotopic (exact) mass is 384 g/mol. The van der Waals surface area contributed by atoms with Gasteiger partial charge in [0.05, 0.1) is 19.1 Å². The van der Waals surface area contributed by atoms with Crippen LogP contribution < -0.4 is 10.2 Å². The van der Waals surface area contributed by atoms with Crippen LogP contribution in [0.4, 0.5) is 0 Å². The third-order valence-electron chi connectivity index (χ3n) is 3.25. The molecule has 0 saturated heterocycles. The fourth-order valence-electron chi connectivity index (χ4n) is 2.03. The van der Waals surface area contributed by atoms with Crippen molar-refractivity contribution in [2.45, 2.75) is 4.34 Å². The van der Waals surface area contributed by atoms with Gasteiger partial charge >= 0.3 is 0 Å². The zero-order chi connectivity index (χ0) is 18.2. The van der Waals surface area contributed by atoms with Crippen LogP contribution in [0.3, 0.4) is 0 Å². The van der Waals surface area contributed by atoms with E-state index in [-0.39, 0.29) is 11.7 Å². The van der Waals surface area contributed by atoms with Crippen LogP contribution in [0.25, 0.3) is 10.6 Å². The number of thioether (sulfide) groups is 1. The highest BCUT2D eigenvalue weighted by Gasteiger charge is 2.09. The Morgan fingerprint density at radius 3 is 2.88 bits per heavy atom. The lowest BCUT2D eigenvalue weighted by atomic mass is 10.2. The van der Waals surface area contributed by atoms with Gasteiger partial charge < -0.3 is 4.74 Å². The molecule has 6 nitrogen and oxygen atoms in total. The molecule has 0 spiro atoms. The number of rotatable bonds is 7. The van der Waals surface area contributed by atoms with Crippen molar-refractivity contribution in [1.29, 1.82) is 0 Å². The summed E-state index contributed by atoms with van der Waals surface area (Å²) in [5, 5.41) is 13.1. The third-order valence-corrected chi connectivity index (χ3v) is 5.36. The Morgan fingerprint density at radius 2 is 2.08 bits per heavy atom. The van der Waals surface area contributed by atoms with E-state index >= 15 is 0 Å². The zero-order valence-corrected chi connectivity index (χ0v) is 15.6. The molecule has 3 aromatic rings. The largest absolute Gasteiger partial charge is 0.497 e. The SMILES string of the molecule is COc1cccc(C=NNC(=O)CSc2nnc(-c3ccccc3)s2)c1. The van der Waals surface area contributed by atoms with Gasteiger partial charge in [-0.1, -0.05) is 65.6 Å². The first kappa shape index (κ1) is 18.1. The van der Waals surface area contributed by atoms with Crippen LogP contribution in [0.1, 0.15) is 5.56 Å². The molecule has 26 heavy (non-hydrogen) atoms. The van der Waals surface area contributed by atoms with Gasteiger partial charge in [0.1, 0.15) is 10.8 Å². The molecule has 1 amide bonds. The highest BCUT2D eigenvalue weighted by molar-refractivity contribution is 8.01. The molecular formula is C18H16N4O2S2. The molecule has 3 rings (SSSR count). The summed E-state index contributed by atoms with van der Waals surface area (Å²) in [7, 11) is 1.60. The van der Waals surface area contributed by atoms with Gasteiger partial charge in [-0.15, -0.1) is 10.2 Å². The molecule has 0 aliphatic heterocycles. The minimum absolute atomic E-state index is 0.203. The van der Waals surface area contributed by atoms with Crippen molar-refractivity contribution >= 4 is 35.2 Å². The van der Waals surface area contributed by atoms with Gasteiger partial charge in [-0.3, -0.25) is 4.79 Å². The summed E-state index contributed by atoms with van der Waals surface area (Å²) in [5.74, 6) is 0.755. The minimum Gasteiger partial charge on any atom is -0.497 e. The van der Waals surface area contributed by atoms with Crippen LogP contribution in [0.15, 0.2) is 64.0 Å². The first-order valence-electron chi connectivity index (χ1n) is 7.72. The van der Waals surface area contributed by atoms with Crippen molar-refractivity contribution in [3.63, 3.8) is 0 Å². The van der Waals surface area contributed by atoms with Crippen LogP contribution >= 0.6 is 23.1 Å². The summed E-state index contributed by atoms with van der Waals surface area (Å²) in [4.78, 5) is 11.9. The minimum atomic E-state index is -0.203. The Balaban J connectivity index is 1.48. The summed E-state index contributed by atoms with van der Waals surface area (Å²) in [6.45, 7) is 0. The maximum Gasteiger partial charge on any atom is 0.250 e. The molecule has 0 unspecified atom stereocenters. The maximum absolute atomic E-state index is 11.9. The van der Waals surface area contributed by atoms with Crippen molar-refractivity contribution in [2.75, 3.05) is 12.9 Å². The van der Waals surface area contributed by atoms with E-state index in [2.05, 4.69) is 20.7 Å². The molecule has 1 N–H and O–H groups in total. The van der Waals surface area contributed by atoms with Gasteiger partial charge in [-0.25, -0.2) is 5.43 Å². The average molecular weight is 384 g/mol. The molecule has 0 radical (unpaired) electrons. The fraction of sp³-hybridized carbons (Fsp3) is 0.111. The van der Waals surface area contributed by atoms with Crippen LogP contribution in [0.2, 0.25) is 0 Å². The molecule has 0 atom stereocenters. The molecule has 0 fully saturated rings. The summed E-state index contributed by atoms with van der Waals surface area (Å²) in [6, 6.07) is 17.2. The molecule has 8 heteroatoms. The number of nitrogens with zero attached hydrogens (tertiary/aromatic N) is 3. The van der Waals surface area contributed by atoms with Gasteiger partial charge in [0.2, 0.25) is 0 Å². The summed E-state index contributed by atoms with van der Waals surface area (Å²) in [6.07, 6.45) is 1.57. The van der Waals surface area contributed by atoms with Gasteiger partial charge in [-0.2, -0.15) is 5.10 Å². The van der Waals surface area contributed by atoms with E-state index < -0.39 is 0 Å². The highest BCUT2D eigenvalue weighted by Crippen LogP contribution is 2.28. The summed E-state index contributed by atoms with van der Waals surface area (Å²) in [5.41, 5.74) is 4.36. The first-order valence-corrected chi connectivity index (χ1v) is 9.52. The lowest BCUT2D eigenvalue weighted by Crippen LogP contribution is -2.19. The van der Waals surface area contributed by atoms with E-state index in [9.17, 15) is 4.79 Å². The smallest absolute Gasteiger partial charge is 0.250 e. The van der Waals surface area contributed by atoms with Gasteiger partial charge in [0, 0.05) is 5.56 Å². The second kappa shape index (κ2) is 9.12. The van der Waals surface area contributed by atoms with E-state index in [4.69, 9.17) is 4.74 Å². The Labute approximate surface area is 159 Å². The van der Waals surface area contributed by atoms with Crippen LogP contribution in [-0.4, -0.2) is 35.2 Å². The van der Waals surface area contributed by atoms with E-state index in [0.717, 1.165) is 26.2 Å².